The Morgan fingerprint density at radius 3 is 2.25 bits per heavy atom. The first-order chi connectivity index (χ1) is 22.1. The number of carbonyl (C=O) groups excluding carboxylic acids is 1. The van der Waals surface area contributed by atoms with Crippen LogP contribution in [0.1, 0.15) is 107 Å². The summed E-state index contributed by atoms with van der Waals surface area (Å²) in [6.45, 7) is 15.4. The van der Waals surface area contributed by atoms with Crippen LogP contribution in [0.2, 0.25) is 0 Å². The predicted octanol–water partition coefficient (Wildman–Crippen LogP) is 2.61. The maximum Gasteiger partial charge on any atom is 0.303 e. The molecule has 48 heavy (non-hydrogen) atoms. The third-order valence-corrected chi connectivity index (χ3v) is 15.7. The van der Waals surface area contributed by atoms with E-state index in [0.29, 0.717) is 18.9 Å². The molecule has 7 rings (SSSR count). The van der Waals surface area contributed by atoms with Gasteiger partial charge in [-0.2, -0.15) is 0 Å². The Hall–Kier alpha value is -0.890. The number of hydrogen-bond donors (Lipinski definition) is 6. The standard InChI is InChI=1S/C37H61NO10/c1-18-15-21(28(32(6,7)43)46-20(3)39)48-37(44)27(18)33(8)13-14-35-17-34(35)12-11-24(47-29-26(41)25(40)19(2)16-45-29)31(4,5)22(34)9-10-23(35)36(33,38)30(37)42/h18-19,21-30,40-44H,9-17,38H2,1-8H3. The van der Waals surface area contributed by atoms with Crippen LogP contribution in [0.15, 0.2) is 0 Å². The van der Waals surface area contributed by atoms with E-state index in [-0.39, 0.29) is 40.1 Å². The normalized spacial score (nSPS) is 56.1. The Labute approximate surface area is 285 Å². The number of ether oxygens (including phenoxy) is 4. The fourth-order valence-electron chi connectivity index (χ4n) is 13.6. The largest absolute Gasteiger partial charge is 0.457 e. The zero-order valence-corrected chi connectivity index (χ0v) is 30.1. The maximum atomic E-state index is 12.5. The van der Waals surface area contributed by atoms with Gasteiger partial charge in [0.1, 0.15) is 18.3 Å². The molecule has 2 spiro atoms. The summed E-state index contributed by atoms with van der Waals surface area (Å²) in [6.07, 6.45) is 0.469. The molecule has 11 heteroatoms. The van der Waals surface area contributed by atoms with Crippen molar-refractivity contribution in [1.29, 1.82) is 0 Å². The molecule has 0 aromatic heterocycles. The van der Waals surface area contributed by atoms with Crippen LogP contribution >= 0.6 is 0 Å². The first-order valence-electron chi connectivity index (χ1n) is 18.5. The van der Waals surface area contributed by atoms with Gasteiger partial charge in [0.25, 0.3) is 0 Å². The highest BCUT2D eigenvalue weighted by atomic mass is 16.7. The van der Waals surface area contributed by atoms with Gasteiger partial charge in [-0.05, 0) is 105 Å². The van der Waals surface area contributed by atoms with Crippen molar-refractivity contribution >= 4 is 5.97 Å². The third-order valence-electron chi connectivity index (χ3n) is 15.7. The quantitative estimate of drug-likeness (QED) is 0.186. The average molecular weight is 680 g/mol. The summed E-state index contributed by atoms with van der Waals surface area (Å²) >= 11 is 0. The average Bonchev–Trinajstić information content (AvgIpc) is 3.62. The molecule has 0 aromatic carbocycles. The summed E-state index contributed by atoms with van der Waals surface area (Å²) in [7, 11) is 0. The molecule has 0 bridgehead atoms. The van der Waals surface area contributed by atoms with Gasteiger partial charge in [0.05, 0.1) is 30.0 Å². The highest BCUT2D eigenvalue weighted by molar-refractivity contribution is 5.66. The Balaban J connectivity index is 1.17. The van der Waals surface area contributed by atoms with Gasteiger partial charge in [0, 0.05) is 18.8 Å². The van der Waals surface area contributed by atoms with E-state index in [1.54, 1.807) is 13.8 Å². The number of carbonyl (C=O) groups is 1. The second-order valence-electron chi connectivity index (χ2n) is 18.9. The van der Waals surface area contributed by atoms with Gasteiger partial charge >= 0.3 is 5.97 Å². The topological polar surface area (TPSA) is 181 Å². The van der Waals surface area contributed by atoms with Gasteiger partial charge in [-0.15, -0.1) is 0 Å². The Morgan fingerprint density at radius 1 is 0.958 bits per heavy atom. The molecule has 0 aromatic rings. The van der Waals surface area contributed by atoms with E-state index in [9.17, 15) is 30.3 Å². The highest BCUT2D eigenvalue weighted by Gasteiger charge is 2.87. The monoisotopic (exact) mass is 679 g/mol. The first kappa shape index (κ1) is 35.5. The minimum atomic E-state index is -1.96. The van der Waals surface area contributed by atoms with E-state index in [1.165, 1.54) is 6.92 Å². The predicted molar refractivity (Wildman–Crippen MR) is 174 cm³/mol. The molecule has 274 valence electrons. The minimum Gasteiger partial charge on any atom is -0.457 e. The van der Waals surface area contributed by atoms with E-state index in [2.05, 4.69) is 27.7 Å². The number of fused-ring (bicyclic) bond motifs is 4. The molecule has 17 unspecified atom stereocenters. The van der Waals surface area contributed by atoms with Gasteiger partial charge in [-0.3, -0.25) is 4.79 Å². The second kappa shape index (κ2) is 10.8. The highest BCUT2D eigenvalue weighted by Crippen LogP contribution is 2.88. The smallest absolute Gasteiger partial charge is 0.303 e. The molecule has 2 saturated heterocycles. The van der Waals surface area contributed by atoms with Crippen LogP contribution in [0.5, 0.6) is 0 Å². The Bertz CT molecular complexity index is 1300. The Morgan fingerprint density at radius 2 is 1.60 bits per heavy atom. The van der Waals surface area contributed by atoms with Gasteiger partial charge in [0.2, 0.25) is 0 Å². The second-order valence-corrected chi connectivity index (χ2v) is 18.9. The molecule has 7 N–H and O–H groups in total. The van der Waals surface area contributed by atoms with Gasteiger partial charge in [-0.1, -0.05) is 34.6 Å². The molecule has 5 saturated carbocycles. The van der Waals surface area contributed by atoms with Crippen LogP contribution in [0.4, 0.5) is 0 Å². The van der Waals surface area contributed by atoms with Crippen LogP contribution in [0, 0.1) is 51.2 Å². The molecule has 2 heterocycles. The lowest BCUT2D eigenvalue weighted by molar-refractivity contribution is -0.341. The van der Waals surface area contributed by atoms with Gasteiger partial charge < -0.3 is 50.2 Å². The summed E-state index contributed by atoms with van der Waals surface area (Å²) < 4.78 is 24.5. The summed E-state index contributed by atoms with van der Waals surface area (Å²) in [5.74, 6) is -2.91. The molecule has 2 aliphatic heterocycles. The SMILES string of the molecule is CC(=O)OC(C1CC(C)C2C(O)(O1)C(O)C1(N)C3CCC4C(C)(C)C(OC5OCC(C)C(O)C5O)CCC45CC35CCC21C)C(C)(C)O. The lowest BCUT2D eigenvalue weighted by Crippen LogP contribution is -2.70. The number of hydrogen-bond acceptors (Lipinski definition) is 11. The number of aliphatic hydroxyl groups is 5. The molecule has 11 nitrogen and oxygen atoms in total. The van der Waals surface area contributed by atoms with Crippen molar-refractivity contribution in [3.63, 3.8) is 0 Å². The number of aliphatic hydroxyl groups excluding tert-OH is 3. The van der Waals surface area contributed by atoms with E-state index >= 15 is 0 Å². The van der Waals surface area contributed by atoms with Crippen molar-refractivity contribution < 1.29 is 49.3 Å². The summed E-state index contributed by atoms with van der Waals surface area (Å²) in [5.41, 5.74) is 4.26. The molecule has 0 amide bonds. The van der Waals surface area contributed by atoms with Crippen molar-refractivity contribution in [3.05, 3.63) is 0 Å². The number of rotatable bonds is 5. The van der Waals surface area contributed by atoms with E-state index < -0.39 is 71.0 Å². The lowest BCUT2D eigenvalue weighted by Gasteiger charge is -2.63. The minimum absolute atomic E-state index is 0.0224. The molecular weight excluding hydrogens is 618 g/mol. The zero-order chi connectivity index (χ0) is 35.2. The van der Waals surface area contributed by atoms with Crippen LogP contribution < -0.4 is 5.73 Å². The van der Waals surface area contributed by atoms with Crippen LogP contribution in [-0.4, -0.2) is 97.9 Å². The number of nitrogens with two attached hydrogens (primary N) is 1. The Kier molecular flexibility index (Phi) is 8.01. The molecule has 17 atom stereocenters. The summed E-state index contributed by atoms with van der Waals surface area (Å²) in [6, 6.07) is 0. The van der Waals surface area contributed by atoms with Crippen molar-refractivity contribution in [3.8, 4) is 0 Å². The third kappa shape index (κ3) is 4.41. The van der Waals surface area contributed by atoms with Gasteiger partial charge in [0.15, 0.2) is 18.2 Å². The molecule has 7 aliphatic rings. The number of esters is 1. The lowest BCUT2D eigenvalue weighted by atomic mass is 9.43. The van der Waals surface area contributed by atoms with E-state index in [1.807, 2.05) is 6.92 Å². The molecule has 7 fully saturated rings. The summed E-state index contributed by atoms with van der Waals surface area (Å²) in [5, 5.41) is 57.2. The van der Waals surface area contributed by atoms with Crippen molar-refractivity contribution in [1.82, 2.24) is 0 Å². The first-order valence-corrected chi connectivity index (χ1v) is 18.5. The van der Waals surface area contributed by atoms with E-state index in [4.69, 9.17) is 24.7 Å². The van der Waals surface area contributed by atoms with Crippen LogP contribution in [0.3, 0.4) is 0 Å². The van der Waals surface area contributed by atoms with Crippen molar-refractivity contribution in [2.24, 2.45) is 57.0 Å². The van der Waals surface area contributed by atoms with Crippen LogP contribution in [0.25, 0.3) is 0 Å². The maximum absolute atomic E-state index is 12.5. The van der Waals surface area contributed by atoms with Crippen LogP contribution in [-0.2, 0) is 23.7 Å². The molecule has 5 aliphatic carbocycles. The summed E-state index contributed by atoms with van der Waals surface area (Å²) in [4.78, 5) is 12.1. The van der Waals surface area contributed by atoms with Gasteiger partial charge in [-0.25, -0.2) is 0 Å². The molecular formula is C37H61NO10. The van der Waals surface area contributed by atoms with E-state index in [0.717, 1.165) is 44.9 Å². The fraction of sp³-hybridized carbons (Fsp3) is 0.973. The molecule has 0 radical (unpaired) electrons. The van der Waals surface area contributed by atoms with Crippen molar-refractivity contribution in [2.75, 3.05) is 6.61 Å². The fourth-order valence-corrected chi connectivity index (χ4v) is 13.6. The van der Waals surface area contributed by atoms with Crippen molar-refractivity contribution in [2.45, 2.75) is 167 Å². The zero-order valence-electron chi connectivity index (χ0n) is 30.1.